The van der Waals surface area contributed by atoms with E-state index in [4.69, 9.17) is 4.74 Å². The molecule has 4 N–H and O–H groups in total. The predicted molar refractivity (Wildman–Crippen MR) is 252 cm³/mol. The molecule has 0 aliphatic carbocycles. The van der Waals surface area contributed by atoms with Crippen LogP contribution in [0.3, 0.4) is 0 Å². The van der Waals surface area contributed by atoms with E-state index in [1.54, 1.807) is 46.1 Å². The number of aryl methyl sites for hydroxylation is 2. The number of fused-ring (bicyclic) bond motifs is 4. The van der Waals surface area contributed by atoms with E-state index < -0.39 is 24.2 Å². The van der Waals surface area contributed by atoms with Crippen molar-refractivity contribution in [3.63, 3.8) is 0 Å². The highest BCUT2D eigenvalue weighted by Gasteiger charge is 2.35. The molecule has 0 unspecified atom stereocenters. The highest BCUT2D eigenvalue weighted by Crippen LogP contribution is 2.41. The summed E-state index contributed by atoms with van der Waals surface area (Å²) in [6.45, 7) is 4.03. The number of para-hydroxylation sites is 2. The number of amides is 4. The highest BCUT2D eigenvalue weighted by atomic mass is 79.9. The number of carbonyl (C=O) groups is 4. The summed E-state index contributed by atoms with van der Waals surface area (Å²) in [6, 6.07) is 29.9. The van der Waals surface area contributed by atoms with Gasteiger partial charge in [-0.05, 0) is 127 Å². The average Bonchev–Trinajstić information content (AvgIpc) is 3.52. The molecule has 2 aliphatic heterocycles. The monoisotopic (exact) mass is 909 g/mol. The Balaban J connectivity index is 1.18. The number of ether oxygens (including phenoxy) is 1. The van der Waals surface area contributed by atoms with Gasteiger partial charge in [-0.2, -0.15) is 0 Å². The van der Waals surface area contributed by atoms with Gasteiger partial charge in [0.2, 0.25) is 23.6 Å². The summed E-state index contributed by atoms with van der Waals surface area (Å²) in [7, 11) is 5.04. The summed E-state index contributed by atoms with van der Waals surface area (Å²) in [6.07, 6.45) is 3.78. The third-order valence-corrected chi connectivity index (χ3v) is 13.4. The van der Waals surface area contributed by atoms with Crippen LogP contribution in [0.1, 0.15) is 48.9 Å². The summed E-state index contributed by atoms with van der Waals surface area (Å²) >= 11 is 4.03. The fourth-order valence-electron chi connectivity index (χ4n) is 8.72. The van der Waals surface area contributed by atoms with Gasteiger partial charge in [0.1, 0.15) is 17.8 Å². The normalized spacial score (nSPS) is 17.4. The molecule has 0 saturated carbocycles. The average molecular weight is 911 g/mol. The molecule has 0 saturated heterocycles. The first-order valence-corrected chi connectivity index (χ1v) is 22.2. The molecule has 4 amide bonds. The SMILES string of the molecule is CN[C@@H](C)C(=O)N[C@H]1CCc2cc(-c3ccc4cccc(CN5C(=O)[C@@H](NC(=O)[C@H](C)NC)CCc6ccccc65)c4c3Br)ccc2N(Cc2c(OC)cnc3ccccc23)C1=O. The molecule has 0 spiro atoms. The Morgan fingerprint density at radius 1 is 0.762 bits per heavy atom. The maximum absolute atomic E-state index is 14.7. The van der Waals surface area contributed by atoms with Crippen molar-refractivity contribution in [1.29, 1.82) is 0 Å². The Morgan fingerprint density at radius 2 is 1.40 bits per heavy atom. The number of likely N-dealkylation sites (N-methyl/N-ethyl adjacent to an activating group) is 2. The molecule has 0 fully saturated rings. The molecule has 1 aromatic heterocycles. The number of anilines is 2. The molecule has 63 heavy (non-hydrogen) atoms. The van der Waals surface area contributed by atoms with Crippen molar-refractivity contribution < 1.29 is 23.9 Å². The van der Waals surface area contributed by atoms with Crippen molar-refractivity contribution in [3.05, 3.63) is 130 Å². The number of benzene rings is 5. The van der Waals surface area contributed by atoms with Crippen LogP contribution < -0.4 is 35.8 Å². The van der Waals surface area contributed by atoms with Crippen LogP contribution in [0.15, 0.2) is 108 Å². The minimum Gasteiger partial charge on any atom is -0.495 e. The first kappa shape index (κ1) is 43.5. The first-order valence-electron chi connectivity index (χ1n) is 21.4. The van der Waals surface area contributed by atoms with E-state index in [2.05, 4.69) is 78.6 Å². The van der Waals surface area contributed by atoms with Crippen LogP contribution in [0.5, 0.6) is 5.75 Å². The predicted octanol–water partition coefficient (Wildman–Crippen LogP) is 6.97. The van der Waals surface area contributed by atoms with E-state index in [0.717, 1.165) is 70.9 Å². The van der Waals surface area contributed by atoms with Crippen molar-refractivity contribution in [2.75, 3.05) is 31.0 Å². The van der Waals surface area contributed by atoms with Crippen LogP contribution in [0.2, 0.25) is 0 Å². The molecular formula is C50H52BrN7O5. The molecule has 13 heteroatoms. The molecule has 12 nitrogen and oxygen atoms in total. The summed E-state index contributed by atoms with van der Waals surface area (Å²) in [5, 5.41) is 14.8. The topological polar surface area (TPSA) is 145 Å². The van der Waals surface area contributed by atoms with E-state index in [1.165, 1.54) is 0 Å². The Kier molecular flexibility index (Phi) is 12.9. The molecule has 8 rings (SSSR count). The zero-order valence-electron chi connectivity index (χ0n) is 36.1. The van der Waals surface area contributed by atoms with Gasteiger partial charge in [0.25, 0.3) is 0 Å². The van der Waals surface area contributed by atoms with Crippen LogP contribution >= 0.6 is 15.9 Å². The molecule has 2 aliphatic rings. The van der Waals surface area contributed by atoms with Gasteiger partial charge in [0.05, 0.1) is 44.0 Å². The molecule has 5 aromatic carbocycles. The maximum atomic E-state index is 14.7. The smallest absolute Gasteiger partial charge is 0.249 e. The van der Waals surface area contributed by atoms with Crippen LogP contribution in [0.25, 0.3) is 32.8 Å². The van der Waals surface area contributed by atoms with Crippen LogP contribution in [0, 0.1) is 0 Å². The molecule has 0 bridgehead atoms. The first-order chi connectivity index (χ1) is 30.5. The molecule has 4 atom stereocenters. The second-order valence-electron chi connectivity index (χ2n) is 16.3. The van der Waals surface area contributed by atoms with Gasteiger partial charge in [-0.25, -0.2) is 0 Å². The van der Waals surface area contributed by atoms with Gasteiger partial charge in [-0.3, -0.25) is 24.2 Å². The lowest BCUT2D eigenvalue weighted by Crippen LogP contribution is -2.52. The van der Waals surface area contributed by atoms with Gasteiger partial charge in [-0.15, -0.1) is 0 Å². The third kappa shape index (κ3) is 8.65. The lowest BCUT2D eigenvalue weighted by Gasteiger charge is -2.28. The minimum atomic E-state index is -0.760. The van der Waals surface area contributed by atoms with Crippen molar-refractivity contribution in [3.8, 4) is 16.9 Å². The standard InChI is InChI=1S/C50H52BrN7O5/c1-29(52-3)47(59)55-40-22-18-31-11-6-9-16-42(31)57(49(40)61)27-35-13-10-12-32-17-21-36(46(51)45(32)35)33-20-24-43-34(25-33)19-23-41(56-48(60)30(2)53-4)50(62)58(43)28-38-37-14-7-8-15-39(37)54-26-44(38)63-5/h6-17,20-21,24-26,29-30,40-41,52-53H,18-19,22-23,27-28H2,1-5H3,(H,55,59)(H,56,60)/t29-,30-,40-,41-/m0/s1. The Morgan fingerprint density at radius 3 is 2.10 bits per heavy atom. The quantitative estimate of drug-likeness (QED) is 0.103. The van der Waals surface area contributed by atoms with Crippen molar-refractivity contribution in [1.82, 2.24) is 26.3 Å². The van der Waals surface area contributed by atoms with Gasteiger partial charge >= 0.3 is 0 Å². The maximum Gasteiger partial charge on any atom is 0.249 e. The molecule has 6 aromatic rings. The number of carbonyl (C=O) groups excluding carboxylic acids is 4. The van der Waals surface area contributed by atoms with Crippen LogP contribution in [-0.4, -0.2) is 74.0 Å². The van der Waals surface area contributed by atoms with Crippen molar-refractivity contribution >= 4 is 72.6 Å². The van der Waals surface area contributed by atoms with Gasteiger partial charge in [0, 0.05) is 32.2 Å². The van der Waals surface area contributed by atoms with E-state index in [9.17, 15) is 19.2 Å². The summed E-state index contributed by atoms with van der Waals surface area (Å²) in [5.41, 5.74) is 8.05. The number of methoxy groups -OCH3 is 1. The summed E-state index contributed by atoms with van der Waals surface area (Å²) < 4.78 is 6.68. The zero-order valence-corrected chi connectivity index (χ0v) is 37.7. The number of aromatic nitrogens is 1. The second kappa shape index (κ2) is 18.7. The van der Waals surface area contributed by atoms with Crippen molar-refractivity contribution in [2.45, 2.75) is 76.8 Å². The van der Waals surface area contributed by atoms with Gasteiger partial charge in [0.15, 0.2) is 0 Å². The summed E-state index contributed by atoms with van der Waals surface area (Å²) in [5.74, 6) is -0.266. The Bertz CT molecular complexity index is 2740. The number of halogens is 1. The van der Waals surface area contributed by atoms with Gasteiger partial charge < -0.3 is 35.8 Å². The van der Waals surface area contributed by atoms with E-state index in [1.807, 2.05) is 65.6 Å². The van der Waals surface area contributed by atoms with Crippen LogP contribution in [0.4, 0.5) is 11.4 Å². The number of hydrogen-bond donors (Lipinski definition) is 4. The van der Waals surface area contributed by atoms with E-state index >= 15 is 0 Å². The number of nitrogens with zero attached hydrogens (tertiary/aromatic N) is 3. The van der Waals surface area contributed by atoms with Crippen molar-refractivity contribution in [2.24, 2.45) is 0 Å². The second-order valence-corrected chi connectivity index (χ2v) is 17.1. The van der Waals surface area contributed by atoms with E-state index in [0.29, 0.717) is 31.4 Å². The number of rotatable bonds is 12. The lowest BCUT2D eigenvalue weighted by atomic mass is 9.95. The van der Waals surface area contributed by atoms with Crippen LogP contribution in [-0.2, 0) is 45.1 Å². The number of nitrogens with one attached hydrogen (secondary N) is 4. The zero-order chi connectivity index (χ0) is 44.4. The number of hydrogen-bond acceptors (Lipinski definition) is 8. The largest absolute Gasteiger partial charge is 0.495 e. The molecule has 0 radical (unpaired) electrons. The summed E-state index contributed by atoms with van der Waals surface area (Å²) in [4.78, 5) is 63.5. The minimum absolute atomic E-state index is 0.155. The van der Waals surface area contributed by atoms with Gasteiger partial charge in [-0.1, -0.05) is 72.8 Å². The Labute approximate surface area is 375 Å². The highest BCUT2D eigenvalue weighted by molar-refractivity contribution is 9.10. The molecular weight excluding hydrogens is 858 g/mol. The number of pyridine rings is 1. The molecule has 324 valence electrons. The fraction of sp³-hybridized carbons (Fsp3) is 0.300. The Hall–Kier alpha value is -6.15. The third-order valence-electron chi connectivity index (χ3n) is 12.6. The fourth-order valence-corrected chi connectivity index (χ4v) is 9.57. The van der Waals surface area contributed by atoms with E-state index in [-0.39, 0.29) is 36.7 Å². The lowest BCUT2D eigenvalue weighted by molar-refractivity contribution is -0.128. The molecule has 3 heterocycles.